The van der Waals surface area contributed by atoms with E-state index < -0.39 is 0 Å². The second-order valence-electron chi connectivity index (χ2n) is 13.8. The van der Waals surface area contributed by atoms with Crippen molar-refractivity contribution in [1.82, 2.24) is 0 Å². The number of benzene rings is 13. The standard InChI is InChI=1S/C48H24/c1-2-9-25(10-3-1)26-13-6-15-30-34-21-24-38-37-20-19-33-28-12-5-4-11-27(28)29-14-7-16-31-35-22-23-36-32-17-8-18-39(40(26)30)42(32)44(34)46(38)48(36)47(35)45(37)43(33)41(29)31/h1-24H. The zero-order chi connectivity index (χ0) is 30.8. The highest BCUT2D eigenvalue weighted by Crippen LogP contribution is 2.55. The summed E-state index contributed by atoms with van der Waals surface area (Å²) in [5, 5.41) is 30.2. The molecule has 0 spiro atoms. The van der Waals surface area contributed by atoms with Crippen molar-refractivity contribution in [3.8, 4) is 11.1 Å². The maximum atomic E-state index is 2.43. The first-order chi connectivity index (χ1) is 23.9. The molecule has 0 saturated heterocycles. The van der Waals surface area contributed by atoms with Crippen LogP contribution in [0.25, 0.3) is 130 Å². The van der Waals surface area contributed by atoms with Crippen LogP contribution >= 0.6 is 0 Å². The second-order valence-corrected chi connectivity index (χ2v) is 13.8. The first kappa shape index (κ1) is 24.0. The van der Waals surface area contributed by atoms with Gasteiger partial charge in [0.05, 0.1) is 0 Å². The van der Waals surface area contributed by atoms with Crippen molar-refractivity contribution >= 4 is 118 Å². The molecule has 0 unspecified atom stereocenters. The molecule has 0 aliphatic heterocycles. The summed E-state index contributed by atoms with van der Waals surface area (Å²) in [5.41, 5.74) is 2.56. The highest BCUT2D eigenvalue weighted by Gasteiger charge is 2.26. The molecule has 0 heteroatoms. The van der Waals surface area contributed by atoms with Crippen LogP contribution in [0.5, 0.6) is 0 Å². The molecule has 0 N–H and O–H groups in total. The number of fused-ring (bicyclic) bond motifs is 9. The SMILES string of the molecule is c1ccc(-c2cccc3c4ccc5c6ccc7c8ccccc8c8cccc9c%10ccc%11c%12cccc(c23)c%12c4c5c%11c%10c6c7c89)cc1. The zero-order valence-electron chi connectivity index (χ0n) is 25.9. The van der Waals surface area contributed by atoms with Gasteiger partial charge in [0.2, 0.25) is 0 Å². The highest BCUT2D eigenvalue weighted by atomic mass is 14.3. The van der Waals surface area contributed by atoms with Crippen molar-refractivity contribution < 1.29 is 0 Å². The Hall–Kier alpha value is -6.24. The molecule has 0 nitrogen and oxygen atoms in total. The van der Waals surface area contributed by atoms with Crippen LogP contribution in [-0.4, -0.2) is 0 Å². The summed E-state index contributed by atoms with van der Waals surface area (Å²) < 4.78 is 0. The Morgan fingerprint density at radius 3 is 1.00 bits per heavy atom. The molecular formula is C48H24. The van der Waals surface area contributed by atoms with Crippen molar-refractivity contribution in [3.05, 3.63) is 146 Å². The summed E-state index contributed by atoms with van der Waals surface area (Å²) in [4.78, 5) is 0. The maximum Gasteiger partial charge on any atom is -0.000717 e. The first-order valence-corrected chi connectivity index (χ1v) is 17.0. The molecule has 48 heavy (non-hydrogen) atoms. The molecule has 0 fully saturated rings. The molecule has 0 heterocycles. The largest absolute Gasteiger partial charge is 0.0622 e. The van der Waals surface area contributed by atoms with Gasteiger partial charge in [-0.1, -0.05) is 146 Å². The van der Waals surface area contributed by atoms with Gasteiger partial charge >= 0.3 is 0 Å². The van der Waals surface area contributed by atoms with E-state index >= 15 is 0 Å². The first-order valence-electron chi connectivity index (χ1n) is 17.0. The summed E-state index contributed by atoms with van der Waals surface area (Å²) in [5.74, 6) is 0. The van der Waals surface area contributed by atoms with Crippen LogP contribution < -0.4 is 0 Å². The summed E-state index contributed by atoms with van der Waals surface area (Å²) in [7, 11) is 0. The lowest BCUT2D eigenvalue weighted by molar-refractivity contribution is 1.67. The minimum absolute atomic E-state index is 1.26. The van der Waals surface area contributed by atoms with Gasteiger partial charge in [0.25, 0.3) is 0 Å². The molecule has 0 atom stereocenters. The van der Waals surface area contributed by atoms with Gasteiger partial charge in [-0.05, 0) is 130 Å². The van der Waals surface area contributed by atoms with Crippen molar-refractivity contribution in [2.75, 3.05) is 0 Å². The smallest absolute Gasteiger partial charge is 0.000717 e. The van der Waals surface area contributed by atoms with Crippen molar-refractivity contribution in [2.45, 2.75) is 0 Å². The molecule has 0 aliphatic rings. The molecule has 0 aliphatic carbocycles. The maximum absolute atomic E-state index is 2.43. The van der Waals surface area contributed by atoms with Crippen LogP contribution in [0.1, 0.15) is 0 Å². The van der Waals surface area contributed by atoms with E-state index in [-0.39, 0.29) is 0 Å². The van der Waals surface area contributed by atoms with Gasteiger partial charge in [0.15, 0.2) is 0 Å². The van der Waals surface area contributed by atoms with E-state index in [1.54, 1.807) is 0 Å². The minimum atomic E-state index is 1.26. The number of hydrogen-bond acceptors (Lipinski definition) is 0. The van der Waals surface area contributed by atoms with E-state index in [1.165, 1.54) is 130 Å². The van der Waals surface area contributed by atoms with E-state index in [0.717, 1.165) is 0 Å². The lowest BCUT2D eigenvalue weighted by Crippen LogP contribution is -1.97. The Bertz CT molecular complexity index is 3480. The van der Waals surface area contributed by atoms with E-state index in [0.29, 0.717) is 0 Å². The molecule has 0 aromatic heterocycles. The molecule has 0 amide bonds. The molecule has 0 radical (unpaired) electrons. The average Bonchev–Trinajstić information content (AvgIpc) is 3.16. The summed E-state index contributed by atoms with van der Waals surface area (Å²) in [6.07, 6.45) is 0. The van der Waals surface area contributed by atoms with Crippen LogP contribution in [0, 0.1) is 0 Å². The number of rotatable bonds is 1. The molecule has 13 rings (SSSR count). The van der Waals surface area contributed by atoms with E-state index in [2.05, 4.69) is 146 Å². The Balaban J connectivity index is 1.37. The van der Waals surface area contributed by atoms with Gasteiger partial charge in [-0.3, -0.25) is 0 Å². The van der Waals surface area contributed by atoms with Gasteiger partial charge in [0, 0.05) is 0 Å². The Kier molecular flexibility index (Phi) is 4.00. The summed E-state index contributed by atoms with van der Waals surface area (Å²) >= 11 is 0. The fraction of sp³-hybridized carbons (Fsp3) is 0. The summed E-state index contributed by atoms with van der Waals surface area (Å²) in [6.45, 7) is 0. The Labute approximate surface area is 274 Å². The topological polar surface area (TPSA) is 0 Å². The zero-order valence-corrected chi connectivity index (χ0v) is 25.9. The third-order valence-electron chi connectivity index (χ3n) is 11.8. The Morgan fingerprint density at radius 2 is 0.479 bits per heavy atom. The molecule has 216 valence electrons. The van der Waals surface area contributed by atoms with Gasteiger partial charge in [-0.2, -0.15) is 0 Å². The minimum Gasteiger partial charge on any atom is -0.0622 e. The van der Waals surface area contributed by atoms with E-state index in [9.17, 15) is 0 Å². The lowest BCUT2D eigenvalue weighted by atomic mass is 9.77. The average molecular weight is 601 g/mol. The van der Waals surface area contributed by atoms with Crippen molar-refractivity contribution in [2.24, 2.45) is 0 Å². The van der Waals surface area contributed by atoms with Crippen LogP contribution in [0.4, 0.5) is 0 Å². The van der Waals surface area contributed by atoms with Gasteiger partial charge in [-0.15, -0.1) is 0 Å². The van der Waals surface area contributed by atoms with Crippen molar-refractivity contribution in [1.29, 1.82) is 0 Å². The van der Waals surface area contributed by atoms with Crippen molar-refractivity contribution in [3.63, 3.8) is 0 Å². The quantitative estimate of drug-likeness (QED) is 0.130. The number of hydrogen-bond donors (Lipinski definition) is 0. The fourth-order valence-electron chi connectivity index (χ4n) is 10.1. The van der Waals surface area contributed by atoms with Crippen LogP contribution in [0.2, 0.25) is 0 Å². The molecule has 13 aromatic carbocycles. The third-order valence-corrected chi connectivity index (χ3v) is 11.8. The molecular weight excluding hydrogens is 577 g/mol. The van der Waals surface area contributed by atoms with Crippen LogP contribution in [0.15, 0.2) is 146 Å². The van der Waals surface area contributed by atoms with E-state index in [4.69, 9.17) is 0 Å². The summed E-state index contributed by atoms with van der Waals surface area (Å²) in [6, 6.07) is 55.3. The van der Waals surface area contributed by atoms with Crippen LogP contribution in [-0.2, 0) is 0 Å². The third kappa shape index (κ3) is 2.53. The normalized spacial score (nSPS) is 13.0. The van der Waals surface area contributed by atoms with E-state index in [1.807, 2.05) is 0 Å². The molecule has 13 aromatic rings. The highest BCUT2D eigenvalue weighted by molar-refractivity contribution is 6.54. The second kappa shape index (κ2) is 8.00. The predicted octanol–water partition coefficient (Wildman–Crippen LogP) is 13.8. The Morgan fingerprint density at radius 1 is 0.167 bits per heavy atom. The van der Waals surface area contributed by atoms with Gasteiger partial charge in [0.1, 0.15) is 0 Å². The van der Waals surface area contributed by atoms with Gasteiger partial charge in [-0.25, -0.2) is 0 Å². The molecule has 0 saturated carbocycles. The van der Waals surface area contributed by atoms with Gasteiger partial charge < -0.3 is 0 Å². The monoisotopic (exact) mass is 600 g/mol. The fourth-order valence-corrected chi connectivity index (χ4v) is 10.1. The molecule has 0 bridgehead atoms. The van der Waals surface area contributed by atoms with Crippen LogP contribution in [0.3, 0.4) is 0 Å². The predicted molar refractivity (Wildman–Crippen MR) is 209 cm³/mol. The lowest BCUT2D eigenvalue weighted by Gasteiger charge is -2.25.